The number of nitriles is 1. The molecular weight excluding hydrogens is 450 g/mol. The molecule has 1 N–H and O–H groups in total. The van der Waals surface area contributed by atoms with Crippen molar-refractivity contribution >= 4 is 15.9 Å². The molecule has 1 aliphatic heterocycles. The lowest BCUT2D eigenvalue weighted by molar-refractivity contribution is -0.137. The van der Waals surface area contributed by atoms with Crippen LogP contribution in [0.15, 0.2) is 53.4 Å². The van der Waals surface area contributed by atoms with Gasteiger partial charge in [-0.2, -0.15) is 22.7 Å². The average molecular weight is 469 g/mol. The molecule has 0 radical (unpaired) electrons. The van der Waals surface area contributed by atoms with Crippen molar-refractivity contribution in [1.82, 2.24) is 9.62 Å². The largest absolute Gasteiger partial charge is 0.416 e. The Balaban J connectivity index is 1.66. The third-order valence-corrected chi connectivity index (χ3v) is 7.15. The number of nitrogens with one attached hydrogen (secondary N) is 1. The summed E-state index contributed by atoms with van der Waals surface area (Å²) in [5.74, 6) is -1.78. The first kappa shape index (κ1) is 23.7. The van der Waals surface area contributed by atoms with Crippen LogP contribution in [0.4, 0.5) is 17.6 Å². The first-order chi connectivity index (χ1) is 15.0. The minimum Gasteiger partial charge on any atom is -0.336 e. The highest BCUT2D eigenvalue weighted by molar-refractivity contribution is 7.89. The SMILES string of the molecule is N#CC(NC(=O)C1CCN(S(=O)(=O)c2cccc(C(F)(F)F)c2)CC1)c1ccccc1F. The van der Waals surface area contributed by atoms with E-state index >= 15 is 0 Å². The Labute approximate surface area is 182 Å². The van der Waals surface area contributed by atoms with Crippen LogP contribution < -0.4 is 5.32 Å². The number of carbonyl (C=O) groups excluding carboxylic acids is 1. The number of hydrogen-bond donors (Lipinski definition) is 1. The van der Waals surface area contributed by atoms with Gasteiger partial charge in [0, 0.05) is 24.6 Å². The number of hydrogen-bond acceptors (Lipinski definition) is 4. The predicted molar refractivity (Wildman–Crippen MR) is 106 cm³/mol. The van der Waals surface area contributed by atoms with Crippen molar-refractivity contribution in [2.45, 2.75) is 30.0 Å². The van der Waals surface area contributed by atoms with Gasteiger partial charge in [-0.25, -0.2) is 12.8 Å². The van der Waals surface area contributed by atoms with E-state index in [1.165, 1.54) is 24.3 Å². The third-order valence-electron chi connectivity index (χ3n) is 5.26. The number of benzene rings is 2. The minimum atomic E-state index is -4.67. The predicted octanol–water partition coefficient (Wildman–Crippen LogP) is 3.63. The highest BCUT2D eigenvalue weighted by atomic mass is 32.2. The second kappa shape index (κ2) is 9.26. The Morgan fingerprint density at radius 2 is 1.78 bits per heavy atom. The van der Waals surface area contributed by atoms with E-state index in [9.17, 15) is 36.0 Å². The van der Waals surface area contributed by atoms with Crippen molar-refractivity contribution in [3.8, 4) is 6.07 Å². The Kier molecular flexibility index (Phi) is 6.85. The molecule has 3 rings (SSSR count). The fourth-order valence-corrected chi connectivity index (χ4v) is 5.01. The van der Waals surface area contributed by atoms with E-state index in [0.717, 1.165) is 22.5 Å². The van der Waals surface area contributed by atoms with E-state index < -0.39 is 50.3 Å². The van der Waals surface area contributed by atoms with Crippen LogP contribution >= 0.6 is 0 Å². The van der Waals surface area contributed by atoms with Crippen molar-refractivity contribution in [2.75, 3.05) is 13.1 Å². The first-order valence-corrected chi connectivity index (χ1v) is 11.1. The van der Waals surface area contributed by atoms with Gasteiger partial charge in [-0.15, -0.1) is 0 Å². The van der Waals surface area contributed by atoms with Gasteiger partial charge in [0.2, 0.25) is 15.9 Å². The Morgan fingerprint density at radius 1 is 1.12 bits per heavy atom. The normalized spacial score (nSPS) is 16.8. The lowest BCUT2D eigenvalue weighted by Gasteiger charge is -2.31. The molecule has 0 spiro atoms. The van der Waals surface area contributed by atoms with Crippen molar-refractivity contribution < 1.29 is 30.8 Å². The van der Waals surface area contributed by atoms with Crippen molar-refractivity contribution in [3.63, 3.8) is 0 Å². The maximum absolute atomic E-state index is 13.9. The first-order valence-electron chi connectivity index (χ1n) is 9.66. The summed E-state index contributed by atoms with van der Waals surface area (Å²) >= 11 is 0. The van der Waals surface area contributed by atoms with Gasteiger partial charge in [0.1, 0.15) is 11.9 Å². The number of amides is 1. The smallest absolute Gasteiger partial charge is 0.336 e. The molecule has 1 aliphatic rings. The van der Waals surface area contributed by atoms with E-state index in [1.807, 2.05) is 6.07 Å². The quantitative estimate of drug-likeness (QED) is 0.678. The lowest BCUT2D eigenvalue weighted by Crippen LogP contribution is -2.43. The molecule has 32 heavy (non-hydrogen) atoms. The lowest BCUT2D eigenvalue weighted by atomic mass is 9.96. The number of nitrogens with zero attached hydrogens (tertiary/aromatic N) is 2. The van der Waals surface area contributed by atoms with Crippen LogP contribution in [0.5, 0.6) is 0 Å². The molecule has 1 heterocycles. The highest BCUT2D eigenvalue weighted by Gasteiger charge is 2.35. The number of carbonyl (C=O) groups is 1. The number of halogens is 4. The molecule has 1 atom stereocenters. The summed E-state index contributed by atoms with van der Waals surface area (Å²) in [5, 5.41) is 11.8. The molecule has 0 aromatic heterocycles. The molecule has 2 aromatic carbocycles. The molecule has 0 bridgehead atoms. The molecule has 170 valence electrons. The Hall–Kier alpha value is -2.97. The van der Waals surface area contributed by atoms with Gasteiger partial charge >= 0.3 is 6.18 Å². The molecule has 6 nitrogen and oxygen atoms in total. The van der Waals surface area contributed by atoms with E-state index in [0.29, 0.717) is 6.07 Å². The average Bonchev–Trinajstić information content (AvgIpc) is 2.77. The fraction of sp³-hybridized carbons (Fsp3) is 0.333. The van der Waals surface area contributed by atoms with Gasteiger partial charge in [-0.05, 0) is 37.1 Å². The van der Waals surface area contributed by atoms with E-state index in [1.54, 1.807) is 0 Å². The Bertz CT molecular complexity index is 1140. The van der Waals surface area contributed by atoms with Crippen LogP contribution in [-0.4, -0.2) is 31.7 Å². The van der Waals surface area contributed by atoms with Crippen LogP contribution in [0.2, 0.25) is 0 Å². The number of piperidine rings is 1. The summed E-state index contributed by atoms with van der Waals surface area (Å²) in [5.41, 5.74) is -1.04. The summed E-state index contributed by atoms with van der Waals surface area (Å²) in [7, 11) is -4.17. The minimum absolute atomic E-state index is 0.0212. The topological polar surface area (TPSA) is 90.3 Å². The van der Waals surface area contributed by atoms with Crippen molar-refractivity contribution in [1.29, 1.82) is 5.26 Å². The maximum Gasteiger partial charge on any atom is 0.416 e. The third kappa shape index (κ3) is 5.08. The molecule has 1 fully saturated rings. The van der Waals surface area contributed by atoms with Gasteiger partial charge in [-0.1, -0.05) is 24.3 Å². The second-order valence-corrected chi connectivity index (χ2v) is 9.23. The second-order valence-electron chi connectivity index (χ2n) is 7.30. The summed E-state index contributed by atoms with van der Waals surface area (Å²) in [6.07, 6.45) is -4.45. The number of rotatable bonds is 5. The van der Waals surface area contributed by atoms with Crippen LogP contribution in [0.25, 0.3) is 0 Å². The molecule has 0 saturated carbocycles. The molecule has 0 aliphatic carbocycles. The molecule has 11 heteroatoms. The number of alkyl halides is 3. The maximum atomic E-state index is 13.9. The van der Waals surface area contributed by atoms with Crippen molar-refractivity contribution in [2.24, 2.45) is 5.92 Å². The van der Waals surface area contributed by atoms with Gasteiger partial charge in [0.25, 0.3) is 0 Å². The van der Waals surface area contributed by atoms with Gasteiger partial charge in [0.15, 0.2) is 0 Å². The molecule has 1 unspecified atom stereocenters. The Morgan fingerprint density at radius 3 is 2.38 bits per heavy atom. The van der Waals surface area contributed by atoms with Gasteiger partial charge in [0.05, 0.1) is 16.5 Å². The number of sulfonamides is 1. The van der Waals surface area contributed by atoms with Crippen LogP contribution in [0.1, 0.15) is 30.0 Å². The zero-order valence-corrected chi connectivity index (χ0v) is 17.5. The fourth-order valence-electron chi connectivity index (χ4n) is 3.49. The highest BCUT2D eigenvalue weighted by Crippen LogP contribution is 2.32. The van der Waals surface area contributed by atoms with Crippen LogP contribution in [0.3, 0.4) is 0 Å². The van der Waals surface area contributed by atoms with Crippen LogP contribution in [-0.2, 0) is 21.0 Å². The van der Waals surface area contributed by atoms with Gasteiger partial charge in [-0.3, -0.25) is 4.79 Å². The van der Waals surface area contributed by atoms with Crippen molar-refractivity contribution in [3.05, 3.63) is 65.5 Å². The zero-order chi connectivity index (χ0) is 23.5. The van der Waals surface area contributed by atoms with E-state index in [4.69, 9.17) is 0 Å². The van der Waals surface area contributed by atoms with E-state index in [-0.39, 0.29) is 31.5 Å². The summed E-state index contributed by atoms with van der Waals surface area (Å²) in [6, 6.07) is 9.67. The molecular formula is C21H19F4N3O3S. The van der Waals surface area contributed by atoms with Crippen LogP contribution in [0, 0.1) is 23.1 Å². The van der Waals surface area contributed by atoms with Gasteiger partial charge < -0.3 is 5.32 Å². The standard InChI is InChI=1S/C21H19F4N3O3S/c22-18-7-2-1-6-17(18)19(13-26)27-20(29)14-8-10-28(11-9-14)32(30,31)16-5-3-4-15(12-16)21(23,24)25/h1-7,12,14,19H,8-11H2,(H,27,29). The molecule has 1 saturated heterocycles. The molecule has 2 aromatic rings. The molecule has 1 amide bonds. The summed E-state index contributed by atoms with van der Waals surface area (Å²) in [6.45, 7) is -0.152. The summed E-state index contributed by atoms with van der Waals surface area (Å²) in [4.78, 5) is 12.1. The van der Waals surface area contributed by atoms with E-state index in [2.05, 4.69) is 5.32 Å². The zero-order valence-electron chi connectivity index (χ0n) is 16.6. The monoisotopic (exact) mass is 469 g/mol. The summed E-state index contributed by atoms with van der Waals surface area (Å²) < 4.78 is 79.2.